The Morgan fingerprint density at radius 2 is 0.703 bits per heavy atom. The zero-order chi connectivity index (χ0) is 49.0. The molecule has 0 saturated heterocycles. The molecule has 0 aliphatic heterocycles. The number of thiophene rings is 1. The summed E-state index contributed by atoms with van der Waals surface area (Å²) in [5, 5.41) is 7.44. The molecule has 14 aromatic rings. The molecule has 0 atom stereocenters. The number of hydrogen-bond donors (Lipinski definition) is 0. The highest BCUT2D eigenvalue weighted by Crippen LogP contribution is 2.47. The van der Waals surface area contributed by atoms with Gasteiger partial charge in [-0.1, -0.05) is 200 Å². The van der Waals surface area contributed by atoms with E-state index in [1.807, 2.05) is 11.3 Å². The number of benzene rings is 12. The molecule has 0 radical (unpaired) electrons. The molecule has 3 nitrogen and oxygen atoms in total. The fraction of sp³-hybridized carbons (Fsp3) is 0. The number of hydrogen-bond acceptors (Lipinski definition) is 3. The predicted molar refractivity (Wildman–Crippen MR) is 317 cm³/mol. The van der Waals surface area contributed by atoms with Gasteiger partial charge in [0.05, 0.1) is 16.7 Å². The quantitative estimate of drug-likeness (QED) is 0.135. The summed E-state index contributed by atoms with van der Waals surface area (Å²) in [6, 6.07) is 104. The van der Waals surface area contributed by atoms with E-state index in [9.17, 15) is 0 Å². The van der Waals surface area contributed by atoms with Crippen LogP contribution in [0.25, 0.3) is 91.8 Å². The van der Waals surface area contributed by atoms with Crippen LogP contribution in [0, 0.1) is 0 Å². The summed E-state index contributed by atoms with van der Waals surface area (Å²) in [5.74, 6) is 0. The molecular formula is C70H47N3S. The Morgan fingerprint density at radius 1 is 0.257 bits per heavy atom. The summed E-state index contributed by atoms with van der Waals surface area (Å²) in [4.78, 5) is 4.77. The molecule has 0 fully saturated rings. The van der Waals surface area contributed by atoms with Crippen LogP contribution in [0.4, 0.5) is 34.1 Å². The van der Waals surface area contributed by atoms with Crippen molar-refractivity contribution >= 4 is 98.2 Å². The van der Waals surface area contributed by atoms with E-state index in [1.165, 1.54) is 80.6 Å². The lowest BCUT2D eigenvalue weighted by molar-refractivity contribution is 1.18. The van der Waals surface area contributed by atoms with Crippen molar-refractivity contribution in [2.24, 2.45) is 0 Å². The minimum absolute atomic E-state index is 1.09. The Balaban J connectivity index is 0.831. The molecule has 74 heavy (non-hydrogen) atoms. The van der Waals surface area contributed by atoms with Crippen LogP contribution in [-0.2, 0) is 0 Å². The summed E-state index contributed by atoms with van der Waals surface area (Å²) in [5.41, 5.74) is 17.4. The third-order valence-electron chi connectivity index (χ3n) is 14.6. The first-order chi connectivity index (χ1) is 36.7. The molecule has 348 valence electrons. The SMILES string of the molecule is c1ccc(-c2cccc3c2sc2c(-c4ccc(N(c5ccccc5)c5ccc(-c6ccc(N(c7ccccc7)c7ccc8c9ccccc9n(-c9ccccc9)c8c7)c7ccccc67)cc5)cc4)cccc23)cc1. The van der Waals surface area contributed by atoms with Crippen LogP contribution in [-0.4, -0.2) is 4.57 Å². The summed E-state index contributed by atoms with van der Waals surface area (Å²) >= 11 is 1.90. The number of para-hydroxylation sites is 4. The van der Waals surface area contributed by atoms with E-state index in [1.54, 1.807) is 0 Å². The van der Waals surface area contributed by atoms with E-state index in [-0.39, 0.29) is 0 Å². The Morgan fingerprint density at radius 3 is 1.32 bits per heavy atom. The maximum absolute atomic E-state index is 2.41. The van der Waals surface area contributed by atoms with Crippen LogP contribution >= 0.6 is 11.3 Å². The summed E-state index contributed by atoms with van der Waals surface area (Å²) in [7, 11) is 0. The summed E-state index contributed by atoms with van der Waals surface area (Å²) in [6.07, 6.45) is 0. The van der Waals surface area contributed by atoms with Gasteiger partial charge < -0.3 is 14.4 Å². The Hall–Kier alpha value is -9.48. The zero-order valence-corrected chi connectivity index (χ0v) is 41.2. The van der Waals surface area contributed by atoms with Gasteiger partial charge in [0.15, 0.2) is 0 Å². The van der Waals surface area contributed by atoms with Gasteiger partial charge in [0, 0.05) is 70.5 Å². The van der Waals surface area contributed by atoms with Crippen LogP contribution < -0.4 is 9.80 Å². The topological polar surface area (TPSA) is 11.4 Å². The van der Waals surface area contributed by atoms with E-state index in [0.29, 0.717) is 0 Å². The fourth-order valence-electron chi connectivity index (χ4n) is 11.2. The van der Waals surface area contributed by atoms with E-state index in [4.69, 9.17) is 0 Å². The van der Waals surface area contributed by atoms with E-state index >= 15 is 0 Å². The Bertz CT molecular complexity index is 4330. The van der Waals surface area contributed by atoms with E-state index < -0.39 is 0 Å². The van der Waals surface area contributed by atoms with E-state index in [0.717, 1.165) is 45.4 Å². The summed E-state index contributed by atoms with van der Waals surface area (Å²) in [6.45, 7) is 0. The average Bonchev–Trinajstić information content (AvgIpc) is 4.03. The number of anilines is 6. The first kappa shape index (κ1) is 43.3. The van der Waals surface area contributed by atoms with Gasteiger partial charge >= 0.3 is 0 Å². The lowest BCUT2D eigenvalue weighted by atomic mass is 9.96. The van der Waals surface area contributed by atoms with Crippen molar-refractivity contribution in [1.29, 1.82) is 0 Å². The molecular weight excluding hydrogens is 915 g/mol. The van der Waals surface area contributed by atoms with E-state index in [2.05, 4.69) is 299 Å². The molecule has 2 aromatic heterocycles. The lowest BCUT2D eigenvalue weighted by Gasteiger charge is -2.28. The van der Waals surface area contributed by atoms with Gasteiger partial charge in [-0.15, -0.1) is 11.3 Å². The van der Waals surface area contributed by atoms with Crippen molar-refractivity contribution < 1.29 is 0 Å². The van der Waals surface area contributed by atoms with Crippen molar-refractivity contribution in [2.45, 2.75) is 0 Å². The highest BCUT2D eigenvalue weighted by molar-refractivity contribution is 7.26. The molecule has 0 saturated carbocycles. The molecule has 4 heteroatoms. The van der Waals surface area contributed by atoms with Crippen molar-refractivity contribution in [2.75, 3.05) is 9.80 Å². The molecule has 2 heterocycles. The first-order valence-corrected chi connectivity index (χ1v) is 26.1. The van der Waals surface area contributed by atoms with Gasteiger partial charge in [-0.05, 0) is 124 Å². The standard InChI is InChI=1S/C70H47N3S/c1-5-19-48(20-6-1)58-30-17-32-64-65-33-18-31-59(70(65)74-69(58)64)50-37-41-55(42-38-50)71(51-21-7-2-8-22-51)54-39-35-49(36-40-54)57-45-46-67(61-28-14-13-27-60(57)61)72(52-23-9-3-10-24-52)56-43-44-63-62-29-15-16-34-66(62)73(68(63)47-56)53-25-11-4-12-26-53/h1-47H. The van der Waals surface area contributed by atoms with Crippen LogP contribution in [0.3, 0.4) is 0 Å². The van der Waals surface area contributed by atoms with Gasteiger partial charge in [0.2, 0.25) is 0 Å². The average molecular weight is 962 g/mol. The second-order valence-electron chi connectivity index (χ2n) is 18.8. The predicted octanol–water partition coefficient (Wildman–Crippen LogP) is 20.2. The molecule has 0 bridgehead atoms. The van der Waals surface area contributed by atoms with Crippen molar-refractivity contribution in [3.63, 3.8) is 0 Å². The van der Waals surface area contributed by atoms with Gasteiger partial charge in [-0.25, -0.2) is 0 Å². The van der Waals surface area contributed by atoms with Crippen LogP contribution in [0.1, 0.15) is 0 Å². The summed E-state index contributed by atoms with van der Waals surface area (Å²) < 4.78 is 5.03. The largest absolute Gasteiger partial charge is 0.311 e. The first-order valence-electron chi connectivity index (χ1n) is 25.2. The Kier molecular flexibility index (Phi) is 10.7. The monoisotopic (exact) mass is 961 g/mol. The molecule has 14 rings (SSSR count). The molecule has 0 aliphatic carbocycles. The van der Waals surface area contributed by atoms with Gasteiger partial charge in [-0.2, -0.15) is 0 Å². The van der Waals surface area contributed by atoms with Gasteiger partial charge in [-0.3, -0.25) is 0 Å². The maximum atomic E-state index is 2.41. The van der Waals surface area contributed by atoms with Crippen LogP contribution in [0.5, 0.6) is 0 Å². The van der Waals surface area contributed by atoms with Gasteiger partial charge in [0.1, 0.15) is 0 Å². The number of nitrogens with zero attached hydrogens (tertiary/aromatic N) is 3. The molecule has 0 amide bonds. The minimum atomic E-state index is 1.09. The third-order valence-corrected chi connectivity index (χ3v) is 15.9. The highest BCUT2D eigenvalue weighted by atomic mass is 32.1. The fourth-order valence-corrected chi connectivity index (χ4v) is 12.6. The lowest BCUT2D eigenvalue weighted by Crippen LogP contribution is -2.11. The molecule has 0 aliphatic rings. The maximum Gasteiger partial charge on any atom is 0.0561 e. The normalized spacial score (nSPS) is 11.5. The molecule has 12 aromatic carbocycles. The van der Waals surface area contributed by atoms with Crippen molar-refractivity contribution in [1.82, 2.24) is 4.57 Å². The highest BCUT2D eigenvalue weighted by Gasteiger charge is 2.21. The van der Waals surface area contributed by atoms with Crippen molar-refractivity contribution in [3.8, 4) is 39.1 Å². The molecule has 0 N–H and O–H groups in total. The third kappa shape index (κ3) is 7.42. The van der Waals surface area contributed by atoms with Crippen LogP contribution in [0.15, 0.2) is 285 Å². The number of rotatable bonds is 10. The van der Waals surface area contributed by atoms with Crippen molar-refractivity contribution in [3.05, 3.63) is 285 Å². The second-order valence-corrected chi connectivity index (χ2v) is 19.9. The number of aromatic nitrogens is 1. The Labute approximate surface area is 434 Å². The number of fused-ring (bicyclic) bond motifs is 7. The molecule has 0 unspecified atom stereocenters. The van der Waals surface area contributed by atoms with Gasteiger partial charge in [0.25, 0.3) is 0 Å². The second kappa shape index (κ2) is 18.3. The minimum Gasteiger partial charge on any atom is -0.311 e. The molecule has 0 spiro atoms. The smallest absolute Gasteiger partial charge is 0.0561 e. The zero-order valence-electron chi connectivity index (χ0n) is 40.4. The van der Waals surface area contributed by atoms with Crippen LogP contribution in [0.2, 0.25) is 0 Å².